The van der Waals surface area contributed by atoms with Crippen LogP contribution in [-0.4, -0.2) is 54.5 Å². The van der Waals surface area contributed by atoms with Crippen molar-refractivity contribution in [3.05, 3.63) is 36.5 Å². The molecule has 1 unspecified atom stereocenters. The van der Waals surface area contributed by atoms with Gasteiger partial charge in [0, 0.05) is 19.2 Å². The number of nitrogens with one attached hydrogen (secondary N) is 1. The molecule has 9 nitrogen and oxygen atoms in total. The molecule has 3 N–H and O–H groups in total. The average molecular weight is 291 g/mol. The van der Waals surface area contributed by atoms with Gasteiger partial charge in [-0.2, -0.15) is 5.10 Å². The Kier molecular flexibility index (Phi) is 4.57. The van der Waals surface area contributed by atoms with Crippen LogP contribution in [0.1, 0.15) is 16.8 Å². The van der Waals surface area contributed by atoms with Crippen molar-refractivity contribution in [1.82, 2.24) is 25.1 Å². The maximum atomic E-state index is 11.9. The molecular weight excluding hydrogens is 278 g/mol. The van der Waals surface area contributed by atoms with Crippen LogP contribution in [0.25, 0.3) is 5.82 Å². The Labute approximate surface area is 119 Å². The zero-order valence-corrected chi connectivity index (χ0v) is 10.9. The van der Waals surface area contributed by atoms with Gasteiger partial charge in [-0.3, -0.25) is 4.79 Å². The van der Waals surface area contributed by atoms with Gasteiger partial charge in [-0.15, -0.1) is 0 Å². The summed E-state index contributed by atoms with van der Waals surface area (Å²) in [4.78, 5) is 30.6. The number of pyridine rings is 1. The van der Waals surface area contributed by atoms with Gasteiger partial charge < -0.3 is 15.5 Å². The molecule has 1 amide bonds. The molecule has 0 aromatic carbocycles. The molecule has 2 heterocycles. The third-order valence-electron chi connectivity index (χ3n) is 2.68. The van der Waals surface area contributed by atoms with Crippen molar-refractivity contribution in [2.24, 2.45) is 0 Å². The van der Waals surface area contributed by atoms with E-state index in [1.807, 2.05) is 0 Å². The lowest BCUT2D eigenvalue weighted by atomic mass is 10.2. The molecule has 0 radical (unpaired) electrons. The van der Waals surface area contributed by atoms with E-state index in [1.54, 1.807) is 6.07 Å². The second-order valence-electron chi connectivity index (χ2n) is 4.12. The number of hydrogen-bond acceptors (Lipinski definition) is 6. The lowest BCUT2D eigenvalue weighted by molar-refractivity contribution is -0.139. The zero-order valence-electron chi connectivity index (χ0n) is 10.9. The highest BCUT2D eigenvalue weighted by atomic mass is 16.4. The van der Waals surface area contributed by atoms with Crippen LogP contribution in [-0.2, 0) is 4.79 Å². The highest BCUT2D eigenvalue weighted by Crippen LogP contribution is 2.05. The van der Waals surface area contributed by atoms with E-state index in [4.69, 9.17) is 10.2 Å². The van der Waals surface area contributed by atoms with E-state index < -0.39 is 17.9 Å². The van der Waals surface area contributed by atoms with Gasteiger partial charge in [0.25, 0.3) is 5.91 Å². The summed E-state index contributed by atoms with van der Waals surface area (Å²) in [5, 5.41) is 23.9. The van der Waals surface area contributed by atoms with Crippen LogP contribution in [0.3, 0.4) is 0 Å². The van der Waals surface area contributed by atoms with Gasteiger partial charge >= 0.3 is 5.97 Å². The number of carbonyl (C=O) groups is 2. The predicted octanol–water partition coefficient (Wildman–Crippen LogP) is -0.772. The van der Waals surface area contributed by atoms with Gasteiger partial charge in [0.2, 0.25) is 0 Å². The minimum Gasteiger partial charge on any atom is -0.480 e. The lowest BCUT2D eigenvalue weighted by Gasteiger charge is -2.13. The molecule has 2 rings (SSSR count). The molecule has 0 aliphatic carbocycles. The summed E-state index contributed by atoms with van der Waals surface area (Å²) in [6, 6.07) is 1.92. The van der Waals surface area contributed by atoms with Crippen LogP contribution in [0.5, 0.6) is 0 Å². The van der Waals surface area contributed by atoms with Crippen molar-refractivity contribution < 1.29 is 19.8 Å². The Bertz CT molecular complexity index is 611. The van der Waals surface area contributed by atoms with Gasteiger partial charge in [-0.05, 0) is 12.1 Å². The van der Waals surface area contributed by atoms with Crippen molar-refractivity contribution >= 4 is 11.9 Å². The fraction of sp³-hybridized carbons (Fsp3) is 0.250. The number of aromatic nitrogens is 4. The fourth-order valence-electron chi connectivity index (χ4n) is 1.61. The van der Waals surface area contributed by atoms with E-state index in [9.17, 15) is 9.59 Å². The quantitative estimate of drug-likeness (QED) is 0.636. The van der Waals surface area contributed by atoms with Crippen molar-refractivity contribution in [3.8, 4) is 5.82 Å². The molecule has 21 heavy (non-hydrogen) atoms. The van der Waals surface area contributed by atoms with E-state index in [1.165, 1.54) is 29.6 Å². The van der Waals surface area contributed by atoms with Gasteiger partial charge in [-0.25, -0.2) is 19.4 Å². The largest absolute Gasteiger partial charge is 0.480 e. The highest BCUT2D eigenvalue weighted by molar-refractivity contribution is 5.96. The smallest absolute Gasteiger partial charge is 0.326 e. The van der Waals surface area contributed by atoms with Gasteiger partial charge in [0.15, 0.2) is 5.82 Å². The predicted molar refractivity (Wildman–Crippen MR) is 69.7 cm³/mol. The number of aliphatic carboxylic acids is 1. The van der Waals surface area contributed by atoms with Crippen LogP contribution < -0.4 is 5.32 Å². The van der Waals surface area contributed by atoms with Crippen molar-refractivity contribution in [2.75, 3.05) is 6.61 Å². The topological polar surface area (TPSA) is 130 Å². The first-order valence-corrected chi connectivity index (χ1v) is 6.07. The number of carbonyl (C=O) groups excluding carboxylic acids is 1. The van der Waals surface area contributed by atoms with Gasteiger partial charge in [-0.1, -0.05) is 0 Å². The molecule has 0 fully saturated rings. The van der Waals surface area contributed by atoms with Gasteiger partial charge in [0.05, 0.1) is 5.56 Å². The molecule has 0 aliphatic rings. The summed E-state index contributed by atoms with van der Waals surface area (Å²) < 4.78 is 1.42. The monoisotopic (exact) mass is 291 g/mol. The molecule has 0 spiro atoms. The Hall–Kier alpha value is -2.81. The van der Waals surface area contributed by atoms with Crippen LogP contribution in [0.15, 0.2) is 31.0 Å². The summed E-state index contributed by atoms with van der Waals surface area (Å²) in [5.41, 5.74) is 0.211. The normalized spacial score (nSPS) is 11.9. The first kappa shape index (κ1) is 14.6. The molecule has 0 saturated carbocycles. The summed E-state index contributed by atoms with van der Waals surface area (Å²) in [7, 11) is 0. The molecule has 0 saturated heterocycles. The average Bonchev–Trinajstić information content (AvgIpc) is 3.01. The summed E-state index contributed by atoms with van der Waals surface area (Å²) in [5.74, 6) is -1.30. The SMILES string of the molecule is O=C(NC(CCO)C(=O)O)c1ccc(-n2cncn2)nc1. The van der Waals surface area contributed by atoms with E-state index in [-0.39, 0.29) is 18.6 Å². The minimum absolute atomic E-state index is 0.0639. The van der Waals surface area contributed by atoms with Crippen LogP contribution in [0.2, 0.25) is 0 Å². The summed E-state index contributed by atoms with van der Waals surface area (Å²) in [6.45, 7) is -0.333. The van der Waals surface area contributed by atoms with E-state index in [2.05, 4.69) is 20.4 Å². The highest BCUT2D eigenvalue weighted by Gasteiger charge is 2.20. The van der Waals surface area contributed by atoms with Crippen molar-refractivity contribution in [1.29, 1.82) is 0 Å². The molecule has 9 heteroatoms. The number of rotatable bonds is 6. The second-order valence-corrected chi connectivity index (χ2v) is 4.12. The fourth-order valence-corrected chi connectivity index (χ4v) is 1.61. The first-order chi connectivity index (χ1) is 10.1. The maximum Gasteiger partial charge on any atom is 0.326 e. The molecule has 0 bridgehead atoms. The Morgan fingerprint density at radius 3 is 2.71 bits per heavy atom. The number of amides is 1. The van der Waals surface area contributed by atoms with E-state index in [0.29, 0.717) is 5.82 Å². The molecular formula is C12H13N5O4. The number of carboxylic acid groups (broad SMARTS) is 1. The maximum absolute atomic E-state index is 11.9. The lowest BCUT2D eigenvalue weighted by Crippen LogP contribution is -2.41. The Morgan fingerprint density at radius 1 is 1.38 bits per heavy atom. The van der Waals surface area contributed by atoms with E-state index in [0.717, 1.165) is 0 Å². The number of nitrogens with zero attached hydrogens (tertiary/aromatic N) is 4. The van der Waals surface area contributed by atoms with Crippen molar-refractivity contribution in [3.63, 3.8) is 0 Å². The summed E-state index contributed by atoms with van der Waals surface area (Å²) >= 11 is 0. The molecule has 110 valence electrons. The summed E-state index contributed by atoms with van der Waals surface area (Å²) in [6.07, 6.45) is 4.06. The third-order valence-corrected chi connectivity index (χ3v) is 2.68. The number of carboxylic acids is 1. The molecule has 2 aromatic heterocycles. The van der Waals surface area contributed by atoms with Gasteiger partial charge in [0.1, 0.15) is 18.7 Å². The molecule has 2 aromatic rings. The Balaban J connectivity index is 2.07. The molecule has 1 atom stereocenters. The Morgan fingerprint density at radius 2 is 2.19 bits per heavy atom. The minimum atomic E-state index is -1.20. The first-order valence-electron chi connectivity index (χ1n) is 6.07. The standard InChI is InChI=1S/C12H13N5O4/c18-4-3-9(12(20)21)16-11(19)8-1-2-10(14-5-8)17-7-13-6-15-17/h1-2,5-7,9,18H,3-4H2,(H,16,19)(H,20,21). The number of hydrogen-bond donors (Lipinski definition) is 3. The number of aliphatic hydroxyl groups excluding tert-OH is 1. The van der Waals surface area contributed by atoms with Crippen molar-refractivity contribution in [2.45, 2.75) is 12.5 Å². The van der Waals surface area contributed by atoms with Crippen LogP contribution >= 0.6 is 0 Å². The van der Waals surface area contributed by atoms with Crippen LogP contribution in [0, 0.1) is 0 Å². The molecule has 0 aliphatic heterocycles. The zero-order chi connectivity index (χ0) is 15.2. The van der Waals surface area contributed by atoms with E-state index >= 15 is 0 Å². The van der Waals surface area contributed by atoms with Crippen LogP contribution in [0.4, 0.5) is 0 Å². The third kappa shape index (κ3) is 3.60. The number of aliphatic hydroxyl groups is 1. The second kappa shape index (κ2) is 6.57.